The summed E-state index contributed by atoms with van der Waals surface area (Å²) in [5, 5.41) is 1.72. The summed E-state index contributed by atoms with van der Waals surface area (Å²) in [4.78, 5) is 35.2. The molecule has 1 unspecified atom stereocenters. The van der Waals surface area contributed by atoms with Crippen LogP contribution in [0.1, 0.15) is 24.9 Å². The zero-order valence-electron chi connectivity index (χ0n) is 18.8. The van der Waals surface area contributed by atoms with E-state index in [2.05, 4.69) is 9.89 Å². The van der Waals surface area contributed by atoms with Gasteiger partial charge in [0.1, 0.15) is 0 Å². The van der Waals surface area contributed by atoms with E-state index in [-0.39, 0.29) is 24.1 Å². The number of fused-ring (bicyclic) bond motifs is 1. The topological polar surface area (TPSA) is 65.5 Å². The summed E-state index contributed by atoms with van der Waals surface area (Å²) < 4.78 is 47.1. The van der Waals surface area contributed by atoms with E-state index in [1.807, 2.05) is 7.05 Å². The van der Waals surface area contributed by atoms with Crippen LogP contribution in [0, 0.1) is 0 Å². The Morgan fingerprint density at radius 3 is 2.44 bits per heavy atom. The van der Waals surface area contributed by atoms with E-state index in [9.17, 15) is 22.8 Å². The van der Waals surface area contributed by atoms with Gasteiger partial charge in [0.05, 0.1) is 24.6 Å². The monoisotopic (exact) mass is 494 g/mol. The first-order chi connectivity index (χ1) is 16.2. The van der Waals surface area contributed by atoms with Crippen molar-refractivity contribution in [3.05, 3.63) is 58.3 Å². The zero-order chi connectivity index (χ0) is 24.5. The molecule has 1 amide bonds. The number of thioether (sulfide) groups is 1. The number of benzene rings is 1. The number of piperazine rings is 1. The number of hydrogen-bond acceptors (Lipinski definition) is 7. The fourth-order valence-corrected chi connectivity index (χ4v) is 5.08. The molecule has 0 radical (unpaired) electrons. The first kappa shape index (κ1) is 24.3. The lowest BCUT2D eigenvalue weighted by Crippen LogP contribution is -2.47. The number of aliphatic imine (C=N–C) groups is 1. The third-order valence-electron chi connectivity index (χ3n) is 5.88. The molecule has 3 heterocycles. The van der Waals surface area contributed by atoms with Gasteiger partial charge < -0.3 is 19.4 Å². The third-order valence-corrected chi connectivity index (χ3v) is 6.77. The number of halogens is 3. The van der Waals surface area contributed by atoms with Crippen LogP contribution in [0.15, 0.2) is 57.7 Å². The van der Waals surface area contributed by atoms with E-state index in [1.165, 1.54) is 6.92 Å². The van der Waals surface area contributed by atoms with Gasteiger partial charge in [-0.1, -0.05) is 42.1 Å². The standard InChI is InChI=1S/C23H25F3N4O3S/c1-3-33-21(32)18-19(15-7-5-4-6-8-15)30-16(13-17(31)29-11-9-28(2)10-12-29)14-34-22(30)27-20(18)23(24,25)26/h4-8,14,19H,3,9-13H2,1-2H3. The predicted molar refractivity (Wildman–Crippen MR) is 123 cm³/mol. The van der Waals surface area contributed by atoms with Gasteiger partial charge in [-0.3, -0.25) is 4.79 Å². The summed E-state index contributed by atoms with van der Waals surface area (Å²) in [5.74, 6) is -1.19. The first-order valence-electron chi connectivity index (χ1n) is 10.9. The molecule has 4 rings (SSSR count). The van der Waals surface area contributed by atoms with Crippen molar-refractivity contribution in [2.24, 2.45) is 4.99 Å². The second kappa shape index (κ2) is 9.83. The van der Waals surface area contributed by atoms with Gasteiger partial charge in [0.2, 0.25) is 5.91 Å². The Morgan fingerprint density at radius 1 is 1.15 bits per heavy atom. The first-order valence-corrected chi connectivity index (χ1v) is 11.8. The molecule has 1 aromatic rings. The number of likely N-dealkylation sites (N-methyl/N-ethyl adjacent to an activating group) is 1. The normalized spacial score (nSPS) is 21.3. The Kier molecular flexibility index (Phi) is 7.04. The van der Waals surface area contributed by atoms with Crippen molar-refractivity contribution in [3.8, 4) is 0 Å². The average Bonchev–Trinajstić information content (AvgIpc) is 3.21. The van der Waals surface area contributed by atoms with Crippen molar-refractivity contribution < 1.29 is 27.5 Å². The van der Waals surface area contributed by atoms with Crippen LogP contribution in [0.4, 0.5) is 13.2 Å². The highest BCUT2D eigenvalue weighted by Crippen LogP contribution is 2.48. The van der Waals surface area contributed by atoms with Crippen molar-refractivity contribution in [3.63, 3.8) is 0 Å². The molecular weight excluding hydrogens is 469 g/mol. The molecule has 0 N–H and O–H groups in total. The van der Waals surface area contributed by atoms with Crippen LogP contribution < -0.4 is 0 Å². The molecule has 0 spiro atoms. The Hall–Kier alpha value is -2.79. The van der Waals surface area contributed by atoms with Gasteiger partial charge in [-0.05, 0) is 24.9 Å². The second-order valence-corrected chi connectivity index (χ2v) is 8.98. The average molecular weight is 495 g/mol. The molecular formula is C23H25F3N4O3S. The molecule has 0 aliphatic carbocycles. The van der Waals surface area contributed by atoms with Gasteiger partial charge in [0, 0.05) is 31.9 Å². The Morgan fingerprint density at radius 2 is 1.82 bits per heavy atom. The highest BCUT2D eigenvalue weighted by atomic mass is 32.2. The van der Waals surface area contributed by atoms with Crippen molar-refractivity contribution in [2.45, 2.75) is 25.6 Å². The largest absolute Gasteiger partial charge is 0.463 e. The quantitative estimate of drug-likeness (QED) is 0.584. The smallest absolute Gasteiger partial charge is 0.434 e. The molecule has 7 nitrogen and oxygen atoms in total. The Labute approximate surface area is 199 Å². The fraction of sp³-hybridized carbons (Fsp3) is 0.435. The van der Waals surface area contributed by atoms with Crippen LogP contribution in [-0.2, 0) is 14.3 Å². The van der Waals surface area contributed by atoms with Crippen LogP contribution in [0.2, 0.25) is 0 Å². The van der Waals surface area contributed by atoms with Gasteiger partial charge in [0.25, 0.3) is 0 Å². The van der Waals surface area contributed by atoms with Crippen LogP contribution in [-0.4, -0.2) is 77.8 Å². The number of ether oxygens (including phenoxy) is 1. The molecule has 3 aliphatic rings. The zero-order valence-corrected chi connectivity index (χ0v) is 19.7. The Bertz CT molecular complexity index is 1050. The molecule has 182 valence electrons. The number of amides is 1. The minimum atomic E-state index is -4.85. The molecule has 1 fully saturated rings. The van der Waals surface area contributed by atoms with E-state index >= 15 is 0 Å². The van der Waals surface area contributed by atoms with Gasteiger partial charge >= 0.3 is 12.1 Å². The summed E-state index contributed by atoms with van der Waals surface area (Å²) in [7, 11) is 1.99. The van der Waals surface area contributed by atoms with Crippen molar-refractivity contribution >= 4 is 28.8 Å². The lowest BCUT2D eigenvalue weighted by atomic mass is 9.93. The molecule has 0 aromatic heterocycles. The number of carbonyl (C=O) groups excluding carboxylic acids is 2. The van der Waals surface area contributed by atoms with Crippen LogP contribution >= 0.6 is 11.8 Å². The number of nitrogens with zero attached hydrogens (tertiary/aromatic N) is 4. The molecule has 11 heteroatoms. The third kappa shape index (κ3) is 4.85. The minimum absolute atomic E-state index is 0.00345. The summed E-state index contributed by atoms with van der Waals surface area (Å²) >= 11 is 1.02. The summed E-state index contributed by atoms with van der Waals surface area (Å²) in [6.07, 6.45) is -4.86. The van der Waals surface area contributed by atoms with Crippen LogP contribution in [0.3, 0.4) is 0 Å². The van der Waals surface area contributed by atoms with Crippen LogP contribution in [0.25, 0.3) is 0 Å². The SMILES string of the molecule is CCOC(=O)C1=C(C(F)(F)F)N=C2SC=C(CC(=O)N3CCN(C)CC3)N2C1c1ccccc1. The fourth-order valence-electron chi connectivity index (χ4n) is 4.16. The highest BCUT2D eigenvalue weighted by Gasteiger charge is 2.49. The molecule has 0 saturated carbocycles. The van der Waals surface area contributed by atoms with Gasteiger partial charge in [-0.15, -0.1) is 0 Å². The highest BCUT2D eigenvalue weighted by molar-refractivity contribution is 8.16. The number of allylic oxidation sites excluding steroid dienone is 1. The summed E-state index contributed by atoms with van der Waals surface area (Å²) in [6.45, 7) is 4.15. The number of rotatable bonds is 5. The lowest BCUT2D eigenvalue weighted by molar-refractivity contribution is -0.140. The maximum atomic E-state index is 14.0. The van der Waals surface area contributed by atoms with E-state index in [0.717, 1.165) is 24.9 Å². The Balaban J connectivity index is 1.73. The van der Waals surface area contributed by atoms with E-state index in [4.69, 9.17) is 4.74 Å². The molecule has 1 atom stereocenters. The maximum absolute atomic E-state index is 14.0. The van der Waals surface area contributed by atoms with Gasteiger partial charge in [-0.2, -0.15) is 13.2 Å². The molecule has 3 aliphatic heterocycles. The van der Waals surface area contributed by atoms with Crippen LogP contribution in [0.5, 0.6) is 0 Å². The van der Waals surface area contributed by atoms with E-state index in [1.54, 1.807) is 45.5 Å². The maximum Gasteiger partial charge on any atom is 0.434 e. The molecule has 1 saturated heterocycles. The van der Waals surface area contributed by atoms with Crippen molar-refractivity contribution in [1.82, 2.24) is 14.7 Å². The minimum Gasteiger partial charge on any atom is -0.463 e. The second-order valence-electron chi connectivity index (χ2n) is 8.15. The van der Waals surface area contributed by atoms with E-state index < -0.39 is 29.5 Å². The molecule has 1 aromatic carbocycles. The number of alkyl halides is 3. The summed E-state index contributed by atoms with van der Waals surface area (Å²) in [6, 6.07) is 7.32. The van der Waals surface area contributed by atoms with Gasteiger partial charge in [0.15, 0.2) is 10.9 Å². The van der Waals surface area contributed by atoms with Gasteiger partial charge in [-0.25, -0.2) is 9.79 Å². The number of amidine groups is 1. The molecule has 34 heavy (non-hydrogen) atoms. The lowest BCUT2D eigenvalue weighted by Gasteiger charge is -2.38. The number of hydrogen-bond donors (Lipinski definition) is 0. The summed E-state index contributed by atoms with van der Waals surface area (Å²) in [5.41, 5.74) is -0.868. The molecule has 0 bridgehead atoms. The van der Waals surface area contributed by atoms with E-state index in [0.29, 0.717) is 24.4 Å². The number of esters is 1. The van der Waals surface area contributed by atoms with Crippen molar-refractivity contribution in [1.29, 1.82) is 0 Å². The number of carbonyl (C=O) groups is 2. The predicted octanol–water partition coefficient (Wildman–Crippen LogP) is 3.53. The van der Waals surface area contributed by atoms with Crippen molar-refractivity contribution in [2.75, 3.05) is 39.8 Å².